The van der Waals surface area contributed by atoms with Crippen LogP contribution in [0.1, 0.15) is 18.9 Å². The highest BCUT2D eigenvalue weighted by Crippen LogP contribution is 2.32. The minimum Gasteiger partial charge on any atom is -0.372 e. The lowest BCUT2D eigenvalue weighted by Gasteiger charge is -2.09. The number of carbonyl (C=O) groups excluding carboxylic acids is 2. The molecule has 102 valence electrons. The van der Waals surface area contributed by atoms with Gasteiger partial charge in [0.15, 0.2) is 0 Å². The molecule has 19 heavy (non-hydrogen) atoms. The normalized spacial score (nSPS) is 13.1. The van der Waals surface area contributed by atoms with E-state index in [2.05, 4.69) is 10.6 Å². The van der Waals surface area contributed by atoms with E-state index < -0.39 is 0 Å². The molecule has 2 N–H and O–H groups in total. The maximum Gasteiger partial charge on any atom is 0.250 e. The number of anilines is 2. The first-order valence-corrected chi connectivity index (χ1v) is 6.48. The average Bonchev–Trinajstić information content (AvgIpc) is 2.69. The molecule has 0 unspecified atom stereocenters. The lowest BCUT2D eigenvalue weighted by Crippen LogP contribution is -2.18. The minimum atomic E-state index is -0.257. The predicted molar refractivity (Wildman–Crippen MR) is 73.5 cm³/mol. The van der Waals surface area contributed by atoms with Gasteiger partial charge in [0, 0.05) is 12.3 Å². The van der Waals surface area contributed by atoms with Gasteiger partial charge in [-0.2, -0.15) is 0 Å². The van der Waals surface area contributed by atoms with E-state index >= 15 is 0 Å². The Morgan fingerprint density at radius 2 is 2.32 bits per heavy atom. The Labute approximate surface area is 116 Å². The second-order valence-electron chi connectivity index (χ2n) is 4.31. The quantitative estimate of drug-likeness (QED) is 0.814. The standard InChI is InChI=1S/C13H15ClN2O3/c1-2-3-19-7-13(18)16-11-4-8-5-12(17)15-10(8)6-9(11)14/h4,6H,2-3,5,7H2,1H3,(H,15,17)(H,16,18). The summed E-state index contributed by atoms with van der Waals surface area (Å²) in [6.07, 6.45) is 1.17. The number of hydrogen-bond acceptors (Lipinski definition) is 3. The van der Waals surface area contributed by atoms with Gasteiger partial charge in [-0.1, -0.05) is 18.5 Å². The zero-order chi connectivity index (χ0) is 13.8. The van der Waals surface area contributed by atoms with Crippen molar-refractivity contribution in [3.63, 3.8) is 0 Å². The van der Waals surface area contributed by atoms with Gasteiger partial charge in [-0.15, -0.1) is 0 Å². The molecule has 0 saturated carbocycles. The molecule has 0 aromatic heterocycles. The Hall–Kier alpha value is -1.59. The summed E-state index contributed by atoms with van der Waals surface area (Å²) in [5.41, 5.74) is 2.04. The molecule has 5 nitrogen and oxygen atoms in total. The fourth-order valence-corrected chi connectivity index (χ4v) is 2.05. The first-order valence-electron chi connectivity index (χ1n) is 6.10. The van der Waals surface area contributed by atoms with Crippen molar-refractivity contribution in [2.75, 3.05) is 23.8 Å². The summed E-state index contributed by atoms with van der Waals surface area (Å²) in [7, 11) is 0. The number of amides is 2. The highest BCUT2D eigenvalue weighted by Gasteiger charge is 2.20. The molecule has 6 heteroatoms. The van der Waals surface area contributed by atoms with E-state index in [1.54, 1.807) is 12.1 Å². The van der Waals surface area contributed by atoms with Crippen LogP contribution in [0.5, 0.6) is 0 Å². The predicted octanol–water partition coefficient (Wildman–Crippen LogP) is 2.20. The maximum absolute atomic E-state index is 11.6. The molecule has 0 aliphatic carbocycles. The number of benzene rings is 1. The van der Waals surface area contributed by atoms with Crippen molar-refractivity contribution < 1.29 is 14.3 Å². The highest BCUT2D eigenvalue weighted by molar-refractivity contribution is 6.34. The van der Waals surface area contributed by atoms with Gasteiger partial charge in [-0.25, -0.2) is 0 Å². The number of hydrogen-bond donors (Lipinski definition) is 2. The monoisotopic (exact) mass is 282 g/mol. The third-order valence-electron chi connectivity index (χ3n) is 2.67. The minimum absolute atomic E-state index is 0.00155. The number of carbonyl (C=O) groups is 2. The summed E-state index contributed by atoms with van der Waals surface area (Å²) in [6, 6.07) is 3.36. The maximum atomic E-state index is 11.6. The highest BCUT2D eigenvalue weighted by atomic mass is 35.5. The second kappa shape index (κ2) is 6.04. The fourth-order valence-electron chi connectivity index (χ4n) is 1.84. The van der Waals surface area contributed by atoms with Gasteiger partial charge in [0.2, 0.25) is 11.8 Å². The molecule has 1 aliphatic heterocycles. The van der Waals surface area contributed by atoms with Crippen LogP contribution >= 0.6 is 11.6 Å². The fraction of sp³-hybridized carbons (Fsp3) is 0.385. The summed E-state index contributed by atoms with van der Waals surface area (Å²) in [4.78, 5) is 22.9. The van der Waals surface area contributed by atoms with Crippen molar-refractivity contribution in [2.45, 2.75) is 19.8 Å². The third kappa shape index (κ3) is 3.45. The Balaban J connectivity index is 2.03. The van der Waals surface area contributed by atoms with Gasteiger partial charge in [0.05, 0.1) is 17.1 Å². The van der Waals surface area contributed by atoms with Crippen molar-refractivity contribution in [2.24, 2.45) is 0 Å². The largest absolute Gasteiger partial charge is 0.372 e. The molecule has 0 radical (unpaired) electrons. The second-order valence-corrected chi connectivity index (χ2v) is 4.72. The van der Waals surface area contributed by atoms with Gasteiger partial charge in [0.25, 0.3) is 0 Å². The Kier molecular flexibility index (Phi) is 4.39. The van der Waals surface area contributed by atoms with E-state index in [-0.39, 0.29) is 18.4 Å². The SMILES string of the molecule is CCCOCC(=O)Nc1cc2c(cc1Cl)NC(=O)C2. The van der Waals surface area contributed by atoms with Crippen LogP contribution in [0.2, 0.25) is 5.02 Å². The smallest absolute Gasteiger partial charge is 0.250 e. The molecular weight excluding hydrogens is 268 g/mol. The van der Waals surface area contributed by atoms with Gasteiger partial charge in [0.1, 0.15) is 6.61 Å². The third-order valence-corrected chi connectivity index (χ3v) is 2.99. The van der Waals surface area contributed by atoms with Gasteiger partial charge >= 0.3 is 0 Å². The van der Waals surface area contributed by atoms with Gasteiger partial charge in [-0.3, -0.25) is 9.59 Å². The number of rotatable bonds is 5. The molecule has 0 saturated heterocycles. The van der Waals surface area contributed by atoms with E-state index in [4.69, 9.17) is 16.3 Å². The van der Waals surface area contributed by atoms with Crippen LogP contribution in [0, 0.1) is 0 Å². The summed E-state index contributed by atoms with van der Waals surface area (Å²) in [5, 5.41) is 5.77. The molecular formula is C13H15ClN2O3. The van der Waals surface area contributed by atoms with E-state index in [1.165, 1.54) is 0 Å². The van der Waals surface area contributed by atoms with Crippen LogP contribution in [0.15, 0.2) is 12.1 Å². The van der Waals surface area contributed by atoms with E-state index in [0.717, 1.165) is 12.0 Å². The summed E-state index contributed by atoms with van der Waals surface area (Å²) in [6.45, 7) is 2.52. The van der Waals surface area contributed by atoms with Crippen LogP contribution in [0.4, 0.5) is 11.4 Å². The Morgan fingerprint density at radius 1 is 1.53 bits per heavy atom. The van der Waals surface area contributed by atoms with Crippen LogP contribution < -0.4 is 10.6 Å². The van der Waals surface area contributed by atoms with Crippen LogP contribution in [-0.2, 0) is 20.7 Å². The van der Waals surface area contributed by atoms with Crippen molar-refractivity contribution in [3.05, 3.63) is 22.7 Å². The number of fused-ring (bicyclic) bond motifs is 1. The topological polar surface area (TPSA) is 67.4 Å². The molecule has 0 atom stereocenters. The Morgan fingerprint density at radius 3 is 3.05 bits per heavy atom. The van der Waals surface area contributed by atoms with E-state index in [0.29, 0.717) is 29.4 Å². The first-order chi connectivity index (χ1) is 9.10. The van der Waals surface area contributed by atoms with Crippen LogP contribution in [0.3, 0.4) is 0 Å². The molecule has 2 amide bonds. The van der Waals surface area contributed by atoms with Crippen molar-refractivity contribution in [3.8, 4) is 0 Å². The van der Waals surface area contributed by atoms with Crippen molar-refractivity contribution in [1.29, 1.82) is 0 Å². The Bertz CT molecular complexity index is 517. The number of halogens is 1. The molecule has 0 bridgehead atoms. The molecule has 1 heterocycles. The summed E-state index contributed by atoms with van der Waals surface area (Å²) in [5.74, 6) is -0.326. The molecule has 2 rings (SSSR count). The zero-order valence-corrected chi connectivity index (χ0v) is 11.3. The lowest BCUT2D eigenvalue weighted by atomic mass is 10.1. The van der Waals surface area contributed by atoms with E-state index in [1.807, 2.05) is 6.92 Å². The molecule has 0 spiro atoms. The molecule has 1 aromatic rings. The van der Waals surface area contributed by atoms with Crippen LogP contribution in [0.25, 0.3) is 0 Å². The van der Waals surface area contributed by atoms with E-state index in [9.17, 15) is 9.59 Å². The lowest BCUT2D eigenvalue weighted by molar-refractivity contribution is -0.120. The molecule has 1 aliphatic rings. The van der Waals surface area contributed by atoms with Gasteiger partial charge < -0.3 is 15.4 Å². The molecule has 1 aromatic carbocycles. The summed E-state index contributed by atoms with van der Waals surface area (Å²) >= 11 is 6.05. The molecule has 0 fully saturated rings. The zero-order valence-electron chi connectivity index (χ0n) is 10.6. The van der Waals surface area contributed by atoms with Crippen LogP contribution in [-0.4, -0.2) is 25.0 Å². The van der Waals surface area contributed by atoms with Gasteiger partial charge in [-0.05, 0) is 24.1 Å². The van der Waals surface area contributed by atoms with Crippen molar-refractivity contribution >= 4 is 34.8 Å². The summed E-state index contributed by atoms with van der Waals surface area (Å²) < 4.78 is 5.14. The first kappa shape index (κ1) is 13.8. The number of ether oxygens (including phenoxy) is 1. The van der Waals surface area contributed by atoms with Crippen molar-refractivity contribution in [1.82, 2.24) is 0 Å². The number of nitrogens with one attached hydrogen (secondary N) is 2. The average molecular weight is 283 g/mol.